The number of benzene rings is 1. The molecule has 0 aliphatic carbocycles. The monoisotopic (exact) mass is 259 g/mol. The summed E-state index contributed by atoms with van der Waals surface area (Å²) in [6.45, 7) is -0.245. The van der Waals surface area contributed by atoms with Crippen LogP contribution >= 0.6 is 15.9 Å². The van der Waals surface area contributed by atoms with Crippen molar-refractivity contribution in [1.29, 1.82) is 0 Å². The summed E-state index contributed by atoms with van der Waals surface area (Å²) in [6, 6.07) is 7.44. The van der Waals surface area contributed by atoms with Gasteiger partial charge < -0.3 is 4.57 Å². The summed E-state index contributed by atoms with van der Waals surface area (Å²) in [7, 11) is 0. The van der Waals surface area contributed by atoms with Gasteiger partial charge in [0.1, 0.15) is 0 Å². The summed E-state index contributed by atoms with van der Waals surface area (Å²) in [6.07, 6.45) is -0.627. The fourth-order valence-electron chi connectivity index (χ4n) is 1.48. The number of nitrogens with zero attached hydrogens (tertiary/aromatic N) is 1. The molecule has 0 aliphatic rings. The fourth-order valence-corrected chi connectivity index (χ4v) is 1.86. The summed E-state index contributed by atoms with van der Waals surface area (Å²) >= 11 is 3.34. The first-order valence-corrected chi connectivity index (χ1v) is 4.98. The highest BCUT2D eigenvalue weighted by molar-refractivity contribution is 9.10. The first-order chi connectivity index (χ1) is 6.66. The summed E-state index contributed by atoms with van der Waals surface area (Å²) in [4.78, 5) is 0. The average Bonchev–Trinajstić information content (AvgIpc) is 2.47. The maximum atomic E-state index is 12.2. The second-order valence-electron chi connectivity index (χ2n) is 3.06. The molecule has 0 unspecified atom stereocenters. The van der Waals surface area contributed by atoms with Gasteiger partial charge in [0, 0.05) is 21.6 Å². The molecule has 14 heavy (non-hydrogen) atoms. The van der Waals surface area contributed by atoms with Gasteiger partial charge >= 0.3 is 0 Å². The largest absolute Gasteiger partial charge is 0.342 e. The predicted octanol–water partition coefficient (Wildman–Crippen LogP) is 3.67. The van der Waals surface area contributed by atoms with E-state index in [0.717, 1.165) is 15.4 Å². The molecular weight excluding hydrogens is 252 g/mol. The zero-order valence-electron chi connectivity index (χ0n) is 7.25. The van der Waals surface area contributed by atoms with Crippen LogP contribution < -0.4 is 0 Å². The number of alkyl halides is 2. The maximum Gasteiger partial charge on any atom is 0.256 e. The van der Waals surface area contributed by atoms with Crippen molar-refractivity contribution in [3.05, 3.63) is 34.9 Å². The first-order valence-electron chi connectivity index (χ1n) is 4.19. The molecule has 0 radical (unpaired) electrons. The number of hydrogen-bond donors (Lipinski definition) is 0. The van der Waals surface area contributed by atoms with Crippen LogP contribution in [0.25, 0.3) is 10.9 Å². The van der Waals surface area contributed by atoms with E-state index in [1.807, 2.05) is 24.3 Å². The molecule has 1 aromatic heterocycles. The molecule has 4 heteroatoms. The maximum absolute atomic E-state index is 12.2. The Balaban J connectivity index is 2.47. The molecule has 0 saturated heterocycles. The van der Waals surface area contributed by atoms with Crippen LogP contribution in [0.5, 0.6) is 0 Å². The van der Waals surface area contributed by atoms with Crippen LogP contribution in [0.2, 0.25) is 0 Å². The Labute approximate surface area is 88.5 Å². The van der Waals surface area contributed by atoms with E-state index in [4.69, 9.17) is 0 Å². The third-order valence-electron chi connectivity index (χ3n) is 2.07. The van der Waals surface area contributed by atoms with Gasteiger partial charge in [-0.2, -0.15) is 0 Å². The fraction of sp³-hybridized carbons (Fsp3) is 0.200. The molecule has 0 N–H and O–H groups in total. The van der Waals surface area contributed by atoms with Crippen LogP contribution in [-0.4, -0.2) is 11.0 Å². The molecule has 74 valence electrons. The van der Waals surface area contributed by atoms with Crippen molar-refractivity contribution in [3.8, 4) is 0 Å². The van der Waals surface area contributed by atoms with Crippen molar-refractivity contribution in [2.45, 2.75) is 13.0 Å². The highest BCUT2D eigenvalue weighted by Gasteiger charge is 2.06. The van der Waals surface area contributed by atoms with Gasteiger partial charge in [-0.15, -0.1) is 0 Å². The van der Waals surface area contributed by atoms with Gasteiger partial charge in [-0.25, -0.2) is 8.78 Å². The van der Waals surface area contributed by atoms with Gasteiger partial charge in [0.25, 0.3) is 6.43 Å². The Morgan fingerprint density at radius 1 is 1.29 bits per heavy atom. The molecule has 0 fully saturated rings. The first kappa shape index (κ1) is 9.65. The zero-order chi connectivity index (χ0) is 10.1. The van der Waals surface area contributed by atoms with Crippen LogP contribution in [0.15, 0.2) is 34.9 Å². The molecule has 1 nitrogen and oxygen atoms in total. The highest BCUT2D eigenvalue weighted by atomic mass is 79.9. The predicted molar refractivity (Wildman–Crippen MR) is 55.6 cm³/mol. The molecule has 0 amide bonds. The van der Waals surface area contributed by atoms with E-state index in [0.29, 0.717) is 0 Å². The molecule has 2 aromatic rings. The minimum Gasteiger partial charge on any atom is -0.342 e. The van der Waals surface area contributed by atoms with Crippen molar-refractivity contribution in [3.63, 3.8) is 0 Å². The minimum absolute atomic E-state index is 0.245. The molecule has 0 saturated carbocycles. The SMILES string of the molecule is FC(F)Cn1ccc2cc(Br)ccc21. The molecule has 1 aromatic carbocycles. The molecule has 0 spiro atoms. The van der Waals surface area contributed by atoms with Gasteiger partial charge in [0.15, 0.2) is 0 Å². The van der Waals surface area contributed by atoms with Crippen LogP contribution in [0.1, 0.15) is 0 Å². The molecule has 1 heterocycles. The van der Waals surface area contributed by atoms with E-state index >= 15 is 0 Å². The van der Waals surface area contributed by atoms with Gasteiger partial charge in [0.2, 0.25) is 0 Å². The lowest BCUT2D eigenvalue weighted by Crippen LogP contribution is -2.04. The van der Waals surface area contributed by atoms with Crippen LogP contribution in [0.4, 0.5) is 8.78 Å². The molecule has 2 rings (SSSR count). The molecule has 0 bridgehead atoms. The number of fused-ring (bicyclic) bond motifs is 1. The average molecular weight is 260 g/mol. The third kappa shape index (κ3) is 1.80. The van der Waals surface area contributed by atoms with E-state index < -0.39 is 6.43 Å². The smallest absolute Gasteiger partial charge is 0.256 e. The summed E-state index contributed by atoms with van der Waals surface area (Å²) in [5.74, 6) is 0. The van der Waals surface area contributed by atoms with Crippen molar-refractivity contribution in [2.24, 2.45) is 0 Å². The Morgan fingerprint density at radius 2 is 2.07 bits per heavy atom. The second kappa shape index (κ2) is 3.69. The summed E-state index contributed by atoms with van der Waals surface area (Å²) in [5.41, 5.74) is 0.841. The Morgan fingerprint density at radius 3 is 2.79 bits per heavy atom. The second-order valence-corrected chi connectivity index (χ2v) is 3.98. The summed E-state index contributed by atoms with van der Waals surface area (Å²) < 4.78 is 26.9. The van der Waals surface area contributed by atoms with E-state index in [1.54, 1.807) is 10.8 Å². The molecule has 0 aliphatic heterocycles. The zero-order valence-corrected chi connectivity index (χ0v) is 8.84. The molecular formula is C10H8BrF2N. The number of rotatable bonds is 2. The Kier molecular flexibility index (Phi) is 2.54. The minimum atomic E-state index is -2.31. The van der Waals surface area contributed by atoms with Crippen molar-refractivity contribution in [2.75, 3.05) is 0 Å². The summed E-state index contributed by atoms with van der Waals surface area (Å²) in [5, 5.41) is 0.972. The van der Waals surface area contributed by atoms with E-state index in [9.17, 15) is 8.78 Å². The third-order valence-corrected chi connectivity index (χ3v) is 2.56. The van der Waals surface area contributed by atoms with Gasteiger partial charge in [-0.05, 0) is 24.3 Å². The van der Waals surface area contributed by atoms with Crippen LogP contribution in [-0.2, 0) is 6.54 Å². The van der Waals surface area contributed by atoms with Crippen molar-refractivity contribution in [1.82, 2.24) is 4.57 Å². The Bertz CT molecular complexity index is 450. The van der Waals surface area contributed by atoms with Gasteiger partial charge in [0.05, 0.1) is 6.54 Å². The van der Waals surface area contributed by atoms with Gasteiger partial charge in [-0.3, -0.25) is 0 Å². The number of aromatic nitrogens is 1. The van der Waals surface area contributed by atoms with Crippen molar-refractivity contribution < 1.29 is 8.78 Å². The van der Waals surface area contributed by atoms with Crippen LogP contribution in [0.3, 0.4) is 0 Å². The lowest BCUT2D eigenvalue weighted by molar-refractivity contribution is 0.128. The van der Waals surface area contributed by atoms with Crippen LogP contribution in [0, 0.1) is 0 Å². The standard InChI is InChI=1S/C10H8BrF2N/c11-8-1-2-9-7(5-8)3-4-14(9)6-10(12)13/h1-5,10H,6H2. The van der Waals surface area contributed by atoms with Gasteiger partial charge in [-0.1, -0.05) is 15.9 Å². The quantitative estimate of drug-likeness (QED) is 0.776. The lowest BCUT2D eigenvalue weighted by Gasteiger charge is -2.03. The Hall–Kier alpha value is -0.900. The topological polar surface area (TPSA) is 4.93 Å². The van der Waals surface area contributed by atoms with E-state index in [-0.39, 0.29) is 6.54 Å². The van der Waals surface area contributed by atoms with E-state index in [2.05, 4.69) is 15.9 Å². The number of halogens is 3. The number of hydrogen-bond acceptors (Lipinski definition) is 0. The normalized spacial score (nSPS) is 11.4. The lowest BCUT2D eigenvalue weighted by atomic mass is 10.2. The molecule has 0 atom stereocenters. The van der Waals surface area contributed by atoms with E-state index in [1.165, 1.54) is 0 Å². The van der Waals surface area contributed by atoms with Crippen molar-refractivity contribution >= 4 is 26.8 Å². The highest BCUT2D eigenvalue weighted by Crippen LogP contribution is 2.21.